The van der Waals surface area contributed by atoms with Crippen LogP contribution in [-0.2, 0) is 4.79 Å². The highest BCUT2D eigenvalue weighted by molar-refractivity contribution is 9.10. The minimum absolute atomic E-state index is 0.0510. The zero-order valence-electron chi connectivity index (χ0n) is 13.2. The molecule has 0 aliphatic carbocycles. The first-order chi connectivity index (χ1) is 10.6. The zero-order chi connectivity index (χ0) is 16.1. The van der Waals surface area contributed by atoms with E-state index in [0.717, 1.165) is 30.4 Å². The van der Waals surface area contributed by atoms with Crippen molar-refractivity contribution >= 4 is 27.7 Å². The molecule has 2 rings (SSSR count). The smallest absolute Gasteiger partial charge is 0.253 e. The van der Waals surface area contributed by atoms with Crippen molar-refractivity contribution < 1.29 is 9.59 Å². The van der Waals surface area contributed by atoms with Crippen molar-refractivity contribution in [2.45, 2.75) is 26.7 Å². The molecule has 0 bridgehead atoms. The Bertz CT molecular complexity index is 535. The van der Waals surface area contributed by atoms with Gasteiger partial charge in [-0.1, -0.05) is 22.0 Å². The van der Waals surface area contributed by atoms with E-state index in [1.54, 1.807) is 0 Å². The van der Waals surface area contributed by atoms with Crippen LogP contribution in [0.25, 0.3) is 0 Å². The van der Waals surface area contributed by atoms with Crippen LogP contribution in [0.4, 0.5) is 0 Å². The van der Waals surface area contributed by atoms with Crippen LogP contribution < -0.4 is 0 Å². The van der Waals surface area contributed by atoms with Crippen molar-refractivity contribution in [2.24, 2.45) is 5.92 Å². The number of piperidine rings is 1. The van der Waals surface area contributed by atoms with Crippen LogP contribution >= 0.6 is 15.9 Å². The molecule has 4 nitrogen and oxygen atoms in total. The van der Waals surface area contributed by atoms with E-state index in [1.165, 1.54) is 0 Å². The van der Waals surface area contributed by atoms with Crippen LogP contribution in [0, 0.1) is 5.92 Å². The predicted octanol–water partition coefficient (Wildman–Crippen LogP) is 3.17. The van der Waals surface area contributed by atoms with E-state index in [4.69, 9.17) is 0 Å². The Balaban J connectivity index is 1.94. The number of rotatable bonds is 4. The fraction of sp³-hybridized carbons (Fsp3) is 0.529. The molecular formula is C17H23BrN2O2. The number of carbonyl (C=O) groups excluding carboxylic acids is 2. The molecule has 1 aliphatic rings. The quantitative estimate of drug-likeness (QED) is 0.820. The lowest BCUT2D eigenvalue weighted by Crippen LogP contribution is -2.44. The van der Waals surface area contributed by atoms with Gasteiger partial charge < -0.3 is 9.80 Å². The third-order valence-corrected chi connectivity index (χ3v) is 4.77. The monoisotopic (exact) mass is 366 g/mol. The molecular weight excluding hydrogens is 344 g/mol. The molecule has 1 heterocycles. The van der Waals surface area contributed by atoms with Crippen molar-refractivity contribution in [3.8, 4) is 0 Å². The maximum atomic E-state index is 12.5. The summed E-state index contributed by atoms with van der Waals surface area (Å²) >= 11 is 3.39. The number of hydrogen-bond donors (Lipinski definition) is 0. The second-order valence-electron chi connectivity index (χ2n) is 5.59. The lowest BCUT2D eigenvalue weighted by molar-refractivity contribution is -0.136. The average molecular weight is 367 g/mol. The van der Waals surface area contributed by atoms with Gasteiger partial charge in [0.2, 0.25) is 5.91 Å². The van der Waals surface area contributed by atoms with Gasteiger partial charge in [0, 0.05) is 42.1 Å². The second kappa shape index (κ2) is 7.77. The molecule has 22 heavy (non-hydrogen) atoms. The van der Waals surface area contributed by atoms with Gasteiger partial charge in [-0.3, -0.25) is 9.59 Å². The molecule has 0 spiro atoms. The summed E-state index contributed by atoms with van der Waals surface area (Å²) in [4.78, 5) is 28.6. The summed E-state index contributed by atoms with van der Waals surface area (Å²) in [6.07, 6.45) is 1.52. The lowest BCUT2D eigenvalue weighted by atomic mass is 9.94. The van der Waals surface area contributed by atoms with Gasteiger partial charge in [0.05, 0.1) is 0 Å². The lowest BCUT2D eigenvalue weighted by Gasteiger charge is -2.33. The molecule has 0 aromatic heterocycles. The Hall–Kier alpha value is -1.36. The van der Waals surface area contributed by atoms with Crippen molar-refractivity contribution in [1.82, 2.24) is 9.80 Å². The highest BCUT2D eigenvalue weighted by Crippen LogP contribution is 2.22. The van der Waals surface area contributed by atoms with Gasteiger partial charge in [-0.2, -0.15) is 0 Å². The van der Waals surface area contributed by atoms with Gasteiger partial charge in [0.25, 0.3) is 5.91 Å². The predicted molar refractivity (Wildman–Crippen MR) is 90.7 cm³/mol. The maximum absolute atomic E-state index is 12.5. The van der Waals surface area contributed by atoms with Crippen LogP contribution in [0.1, 0.15) is 37.0 Å². The first-order valence-electron chi connectivity index (χ1n) is 7.90. The number of hydrogen-bond acceptors (Lipinski definition) is 2. The van der Waals surface area contributed by atoms with Crippen LogP contribution in [-0.4, -0.2) is 47.8 Å². The average Bonchev–Trinajstić information content (AvgIpc) is 2.55. The van der Waals surface area contributed by atoms with Gasteiger partial charge in [-0.05, 0) is 44.9 Å². The van der Waals surface area contributed by atoms with E-state index < -0.39 is 0 Å². The van der Waals surface area contributed by atoms with Crippen LogP contribution in [0.5, 0.6) is 0 Å². The molecule has 0 atom stereocenters. The highest BCUT2D eigenvalue weighted by Gasteiger charge is 2.29. The molecule has 5 heteroatoms. The number of nitrogens with zero attached hydrogens (tertiary/aromatic N) is 2. The zero-order valence-corrected chi connectivity index (χ0v) is 14.8. The van der Waals surface area contributed by atoms with E-state index in [0.29, 0.717) is 18.7 Å². The first-order valence-corrected chi connectivity index (χ1v) is 8.69. The molecule has 1 aliphatic heterocycles. The van der Waals surface area contributed by atoms with Crippen molar-refractivity contribution in [3.63, 3.8) is 0 Å². The molecule has 120 valence electrons. The number of likely N-dealkylation sites (tertiary alicyclic amines) is 1. The molecule has 1 aromatic rings. The SMILES string of the molecule is CCN(CC)C(=O)C1CCN(C(=O)c2cccc(Br)c2)CC1. The minimum atomic E-state index is 0.0510. The molecule has 0 unspecified atom stereocenters. The summed E-state index contributed by atoms with van der Waals surface area (Å²) in [6, 6.07) is 7.45. The standard InChI is InChI=1S/C17H23BrN2O2/c1-3-19(4-2)16(21)13-8-10-20(11-9-13)17(22)14-6-5-7-15(18)12-14/h5-7,12-13H,3-4,8-11H2,1-2H3. The topological polar surface area (TPSA) is 40.6 Å². The molecule has 1 fully saturated rings. The normalized spacial score (nSPS) is 15.7. The first kappa shape index (κ1) is 17.0. The number of amides is 2. The summed E-state index contributed by atoms with van der Waals surface area (Å²) in [6.45, 7) is 6.84. The van der Waals surface area contributed by atoms with Crippen LogP contribution in [0.15, 0.2) is 28.7 Å². The summed E-state index contributed by atoms with van der Waals surface area (Å²) < 4.78 is 0.907. The minimum Gasteiger partial charge on any atom is -0.343 e. The number of halogens is 1. The van der Waals surface area contributed by atoms with E-state index in [9.17, 15) is 9.59 Å². The van der Waals surface area contributed by atoms with Gasteiger partial charge in [0.1, 0.15) is 0 Å². The summed E-state index contributed by atoms with van der Waals surface area (Å²) in [5.41, 5.74) is 0.697. The Kier molecular flexibility index (Phi) is 6.00. The summed E-state index contributed by atoms with van der Waals surface area (Å²) in [7, 11) is 0. The fourth-order valence-electron chi connectivity index (χ4n) is 2.93. The molecule has 0 N–H and O–H groups in total. The third kappa shape index (κ3) is 3.88. The van der Waals surface area contributed by atoms with Gasteiger partial charge in [-0.25, -0.2) is 0 Å². The van der Waals surface area contributed by atoms with Gasteiger partial charge in [-0.15, -0.1) is 0 Å². The Morgan fingerprint density at radius 2 is 1.86 bits per heavy atom. The van der Waals surface area contributed by atoms with Crippen LogP contribution in [0.3, 0.4) is 0 Å². The van der Waals surface area contributed by atoms with Crippen molar-refractivity contribution in [2.75, 3.05) is 26.2 Å². The molecule has 0 saturated carbocycles. The van der Waals surface area contributed by atoms with Crippen LogP contribution in [0.2, 0.25) is 0 Å². The number of benzene rings is 1. The highest BCUT2D eigenvalue weighted by atomic mass is 79.9. The molecule has 1 aromatic carbocycles. The summed E-state index contributed by atoms with van der Waals surface area (Å²) in [5, 5.41) is 0. The van der Waals surface area contributed by atoms with E-state index in [-0.39, 0.29) is 17.7 Å². The Labute approximate surface area is 140 Å². The molecule has 2 amide bonds. The van der Waals surface area contributed by atoms with Crippen molar-refractivity contribution in [1.29, 1.82) is 0 Å². The van der Waals surface area contributed by atoms with E-state index in [2.05, 4.69) is 15.9 Å². The molecule has 0 radical (unpaired) electrons. The second-order valence-corrected chi connectivity index (χ2v) is 6.50. The third-order valence-electron chi connectivity index (χ3n) is 4.28. The fourth-order valence-corrected chi connectivity index (χ4v) is 3.33. The van der Waals surface area contributed by atoms with Gasteiger partial charge >= 0.3 is 0 Å². The largest absolute Gasteiger partial charge is 0.343 e. The summed E-state index contributed by atoms with van der Waals surface area (Å²) in [5.74, 6) is 0.348. The Morgan fingerprint density at radius 1 is 1.23 bits per heavy atom. The van der Waals surface area contributed by atoms with Crippen molar-refractivity contribution in [3.05, 3.63) is 34.3 Å². The van der Waals surface area contributed by atoms with Gasteiger partial charge in [0.15, 0.2) is 0 Å². The number of carbonyl (C=O) groups is 2. The van der Waals surface area contributed by atoms with E-state index in [1.807, 2.05) is 47.9 Å². The van der Waals surface area contributed by atoms with E-state index >= 15 is 0 Å². The molecule has 1 saturated heterocycles. The maximum Gasteiger partial charge on any atom is 0.253 e. The Morgan fingerprint density at radius 3 is 2.41 bits per heavy atom.